The molecule has 6 heteroatoms. The van der Waals surface area contributed by atoms with Gasteiger partial charge in [-0.05, 0) is 42.5 Å². The third-order valence-electron chi connectivity index (χ3n) is 4.96. The molecule has 1 aromatic heterocycles. The van der Waals surface area contributed by atoms with Crippen molar-refractivity contribution >= 4 is 38.4 Å². The molecule has 0 bridgehead atoms. The molecule has 2 aromatic carbocycles. The molecule has 0 fully saturated rings. The highest BCUT2D eigenvalue weighted by Gasteiger charge is 2.28. The number of rotatable bonds is 4. The van der Waals surface area contributed by atoms with E-state index in [1.165, 1.54) is 22.5 Å². The van der Waals surface area contributed by atoms with Crippen molar-refractivity contribution < 1.29 is 8.42 Å². The van der Waals surface area contributed by atoms with Gasteiger partial charge in [-0.25, -0.2) is 13.6 Å². The number of benzene rings is 2. The summed E-state index contributed by atoms with van der Waals surface area (Å²) in [6.07, 6.45) is 3.44. The molecule has 1 aliphatic rings. The fourth-order valence-electron chi connectivity index (χ4n) is 3.80. The molecule has 27 heavy (non-hydrogen) atoms. The predicted molar refractivity (Wildman–Crippen MR) is 112 cm³/mol. The van der Waals surface area contributed by atoms with E-state index in [-0.39, 0.29) is 4.21 Å². The Hall–Kier alpha value is -2.15. The summed E-state index contributed by atoms with van der Waals surface area (Å²) in [5.41, 5.74) is 6.49. The average molecular weight is 399 g/mol. The zero-order valence-corrected chi connectivity index (χ0v) is 16.8. The van der Waals surface area contributed by atoms with E-state index in [1.54, 1.807) is 0 Å². The Morgan fingerprint density at radius 2 is 1.52 bits per heavy atom. The molecule has 2 N–H and O–H groups in total. The first kappa shape index (κ1) is 18.2. The molecule has 4 nitrogen and oxygen atoms in total. The molecule has 0 spiro atoms. The average Bonchev–Trinajstić information content (AvgIpc) is 2.98. The van der Waals surface area contributed by atoms with Crippen LogP contribution in [0.4, 0.5) is 17.1 Å². The van der Waals surface area contributed by atoms with Crippen molar-refractivity contribution in [3.05, 3.63) is 70.6 Å². The zero-order valence-electron chi connectivity index (χ0n) is 15.2. The number of anilines is 3. The molecular formula is C21H22N2O2S2. The topological polar surface area (TPSA) is 63.4 Å². The van der Waals surface area contributed by atoms with Gasteiger partial charge in [-0.2, -0.15) is 0 Å². The van der Waals surface area contributed by atoms with Gasteiger partial charge in [0.2, 0.25) is 10.0 Å². The van der Waals surface area contributed by atoms with Gasteiger partial charge in [-0.15, -0.1) is 11.3 Å². The first-order chi connectivity index (χ1) is 13.0. The third-order valence-corrected chi connectivity index (χ3v) is 7.51. The lowest BCUT2D eigenvalue weighted by molar-refractivity contribution is 0.598. The first-order valence-corrected chi connectivity index (χ1v) is 11.5. The lowest BCUT2D eigenvalue weighted by Gasteiger charge is -2.27. The quantitative estimate of drug-likeness (QED) is 0.679. The van der Waals surface area contributed by atoms with Gasteiger partial charge in [0.05, 0.1) is 5.69 Å². The number of hydrogen-bond acceptors (Lipinski definition) is 4. The number of primary sulfonamides is 1. The van der Waals surface area contributed by atoms with E-state index in [0.29, 0.717) is 6.42 Å². The molecule has 1 aliphatic heterocycles. The van der Waals surface area contributed by atoms with Crippen LogP contribution in [0, 0.1) is 0 Å². The summed E-state index contributed by atoms with van der Waals surface area (Å²) in [6.45, 7) is 2.05. The molecule has 0 radical (unpaired) electrons. The fraction of sp³-hybridized carbons (Fsp3) is 0.238. The van der Waals surface area contributed by atoms with Crippen LogP contribution in [0.2, 0.25) is 0 Å². The molecule has 0 saturated carbocycles. The van der Waals surface area contributed by atoms with Crippen LogP contribution in [0.25, 0.3) is 0 Å². The van der Waals surface area contributed by atoms with Crippen LogP contribution in [0.1, 0.15) is 30.0 Å². The molecule has 0 atom stereocenters. The Labute approximate surface area is 164 Å². The number of nitrogens with two attached hydrogens (primary N) is 1. The van der Waals surface area contributed by atoms with E-state index in [2.05, 4.69) is 48.2 Å². The third kappa shape index (κ3) is 3.29. The number of aryl methyl sites for hydroxylation is 2. The van der Waals surface area contributed by atoms with Gasteiger partial charge in [0, 0.05) is 22.3 Å². The van der Waals surface area contributed by atoms with Gasteiger partial charge in [0.15, 0.2) is 0 Å². The summed E-state index contributed by atoms with van der Waals surface area (Å²) in [5.74, 6) is 0. The summed E-state index contributed by atoms with van der Waals surface area (Å²) in [6, 6.07) is 16.7. The monoisotopic (exact) mass is 398 g/mol. The zero-order chi connectivity index (χ0) is 19.0. The first-order valence-electron chi connectivity index (χ1n) is 9.09. The van der Waals surface area contributed by atoms with Crippen LogP contribution in [0.3, 0.4) is 0 Å². The van der Waals surface area contributed by atoms with Crippen LogP contribution < -0.4 is 10.0 Å². The SMILES string of the molecule is CCCc1c(N2c3ccccc3CCc3ccccc32)csc1S(N)(=O)=O. The van der Waals surface area contributed by atoms with Gasteiger partial charge in [0.1, 0.15) is 4.21 Å². The molecule has 0 amide bonds. The number of sulfonamides is 1. The normalized spacial score (nSPS) is 13.8. The number of fused-ring (bicyclic) bond motifs is 2. The molecule has 0 saturated heterocycles. The minimum Gasteiger partial charge on any atom is -0.309 e. The molecule has 0 aliphatic carbocycles. The van der Waals surface area contributed by atoms with E-state index in [0.717, 1.165) is 41.9 Å². The van der Waals surface area contributed by atoms with Crippen molar-refractivity contribution in [2.75, 3.05) is 4.90 Å². The standard InChI is InChI=1S/C21H22N2O2S2/c1-2-7-17-20(14-26-21(17)27(22,24)25)23-18-10-5-3-8-15(18)12-13-16-9-4-6-11-19(16)23/h3-6,8-11,14H,2,7,12-13H2,1H3,(H2,22,24,25). The molecule has 0 unspecified atom stereocenters. The molecule has 4 rings (SSSR count). The highest BCUT2D eigenvalue weighted by Crippen LogP contribution is 2.46. The number of thiophene rings is 1. The molecular weight excluding hydrogens is 376 g/mol. The largest absolute Gasteiger partial charge is 0.309 e. The van der Waals surface area contributed by atoms with E-state index >= 15 is 0 Å². The summed E-state index contributed by atoms with van der Waals surface area (Å²) in [7, 11) is -3.75. The van der Waals surface area contributed by atoms with Gasteiger partial charge in [0.25, 0.3) is 0 Å². The minimum atomic E-state index is -3.75. The van der Waals surface area contributed by atoms with E-state index in [4.69, 9.17) is 5.14 Å². The fourth-order valence-corrected chi connectivity index (χ4v) is 5.85. The van der Waals surface area contributed by atoms with Crippen LogP contribution in [0.5, 0.6) is 0 Å². The maximum absolute atomic E-state index is 12.2. The highest BCUT2D eigenvalue weighted by molar-refractivity contribution is 7.91. The van der Waals surface area contributed by atoms with Crippen molar-refractivity contribution in [1.29, 1.82) is 0 Å². The van der Waals surface area contributed by atoms with Gasteiger partial charge < -0.3 is 4.90 Å². The van der Waals surface area contributed by atoms with E-state index in [9.17, 15) is 8.42 Å². The summed E-state index contributed by atoms with van der Waals surface area (Å²) in [5, 5.41) is 7.45. The second-order valence-corrected chi connectivity index (χ2v) is 9.41. The van der Waals surface area contributed by atoms with Gasteiger partial charge in [-0.1, -0.05) is 49.7 Å². The predicted octanol–water partition coefficient (Wildman–Crippen LogP) is 4.92. The summed E-state index contributed by atoms with van der Waals surface area (Å²) >= 11 is 1.22. The Balaban J connectivity index is 2.01. The maximum atomic E-state index is 12.2. The van der Waals surface area contributed by atoms with Crippen LogP contribution in [-0.2, 0) is 29.3 Å². The molecule has 3 aromatic rings. The number of nitrogens with zero attached hydrogens (tertiary/aromatic N) is 1. The van der Waals surface area contributed by atoms with E-state index < -0.39 is 10.0 Å². The van der Waals surface area contributed by atoms with Gasteiger partial charge in [-0.3, -0.25) is 0 Å². The summed E-state index contributed by atoms with van der Waals surface area (Å²) < 4.78 is 24.6. The number of para-hydroxylation sites is 2. The molecule has 140 valence electrons. The summed E-state index contributed by atoms with van der Waals surface area (Å²) in [4.78, 5) is 2.22. The highest BCUT2D eigenvalue weighted by atomic mass is 32.2. The lowest BCUT2D eigenvalue weighted by atomic mass is 10.0. The Bertz CT molecular complexity index is 1040. The number of hydrogen-bond donors (Lipinski definition) is 1. The smallest absolute Gasteiger partial charge is 0.247 e. The van der Waals surface area contributed by atoms with E-state index in [1.807, 2.05) is 17.5 Å². The van der Waals surface area contributed by atoms with Crippen LogP contribution in [0.15, 0.2) is 58.1 Å². The molecule has 2 heterocycles. The Morgan fingerprint density at radius 3 is 2.04 bits per heavy atom. The van der Waals surface area contributed by atoms with Crippen molar-refractivity contribution in [3.63, 3.8) is 0 Å². The Kier molecular flexibility index (Phi) is 4.80. The van der Waals surface area contributed by atoms with Crippen molar-refractivity contribution in [3.8, 4) is 0 Å². The second kappa shape index (κ2) is 7.11. The maximum Gasteiger partial charge on any atom is 0.247 e. The minimum absolute atomic E-state index is 0.276. The lowest BCUT2D eigenvalue weighted by Crippen LogP contribution is -2.16. The van der Waals surface area contributed by atoms with Crippen LogP contribution in [-0.4, -0.2) is 8.42 Å². The van der Waals surface area contributed by atoms with Crippen LogP contribution >= 0.6 is 11.3 Å². The van der Waals surface area contributed by atoms with Crippen molar-refractivity contribution in [2.45, 2.75) is 36.8 Å². The Morgan fingerprint density at radius 1 is 0.963 bits per heavy atom. The van der Waals surface area contributed by atoms with Crippen molar-refractivity contribution in [2.24, 2.45) is 5.14 Å². The second-order valence-electron chi connectivity index (χ2n) is 6.77. The van der Waals surface area contributed by atoms with Crippen molar-refractivity contribution in [1.82, 2.24) is 0 Å². The van der Waals surface area contributed by atoms with Gasteiger partial charge >= 0.3 is 0 Å².